The van der Waals surface area contributed by atoms with Gasteiger partial charge in [-0.3, -0.25) is 0 Å². The Morgan fingerprint density at radius 3 is 2.56 bits per heavy atom. The lowest BCUT2D eigenvalue weighted by Gasteiger charge is -2.13. The number of hydrogen-bond acceptors (Lipinski definition) is 5. The maximum Gasteiger partial charge on any atom is 0.218 e. The number of anilines is 2. The molecule has 0 saturated carbocycles. The van der Waals surface area contributed by atoms with Gasteiger partial charge in [-0.05, 0) is 36.6 Å². The lowest BCUT2D eigenvalue weighted by molar-refractivity contribution is 0.403. The summed E-state index contributed by atoms with van der Waals surface area (Å²) in [5.41, 5.74) is 4.55. The molecule has 0 amide bonds. The Labute approximate surface area is 152 Å². The van der Waals surface area contributed by atoms with Crippen LogP contribution in [0.3, 0.4) is 0 Å². The van der Waals surface area contributed by atoms with Crippen molar-refractivity contribution in [1.82, 2.24) is 9.97 Å². The number of nitrogens with one attached hydrogen (secondary N) is 1. The quantitative estimate of drug-likeness (QED) is 0.629. The average molecular weight is 353 g/mol. The molecule has 0 aliphatic heterocycles. The van der Waals surface area contributed by atoms with Crippen LogP contribution in [0.4, 0.5) is 10.8 Å². The van der Waals surface area contributed by atoms with E-state index in [4.69, 9.17) is 4.42 Å². The molecule has 0 fully saturated rings. The van der Waals surface area contributed by atoms with Crippen LogP contribution in [0.15, 0.2) is 34.3 Å². The molecule has 3 rings (SSSR count). The molecule has 3 aromatic rings. The van der Waals surface area contributed by atoms with Gasteiger partial charge >= 0.3 is 0 Å². The number of aromatic nitrogens is 2. The highest BCUT2D eigenvalue weighted by Crippen LogP contribution is 2.29. The highest BCUT2D eigenvalue weighted by Gasteiger charge is 2.18. The number of rotatable bonds is 4. The Hall–Kier alpha value is -2.40. The van der Waals surface area contributed by atoms with E-state index in [-0.39, 0.29) is 5.41 Å². The van der Waals surface area contributed by atoms with Crippen molar-refractivity contribution in [1.29, 1.82) is 0 Å². The normalized spacial score (nSPS) is 12.0. The van der Waals surface area contributed by atoms with Gasteiger partial charge in [-0.15, -0.1) is 11.3 Å². The molecule has 0 spiro atoms. The SMILES string of the molecule is Cc1ccc(/C=C/c2ncc(C(C)(C)C)o2)c(C)c1Nc1nccs1. The Bertz CT molecular complexity index is 886. The zero-order chi connectivity index (χ0) is 18.0. The lowest BCUT2D eigenvalue weighted by atomic mass is 9.94. The van der Waals surface area contributed by atoms with Crippen LogP contribution in [0.2, 0.25) is 0 Å². The van der Waals surface area contributed by atoms with Crippen molar-refractivity contribution in [2.45, 2.75) is 40.0 Å². The molecule has 1 aromatic carbocycles. The summed E-state index contributed by atoms with van der Waals surface area (Å²) in [4.78, 5) is 8.66. The van der Waals surface area contributed by atoms with Crippen molar-refractivity contribution in [3.05, 3.63) is 58.2 Å². The van der Waals surface area contributed by atoms with Crippen molar-refractivity contribution < 1.29 is 4.42 Å². The van der Waals surface area contributed by atoms with Gasteiger partial charge in [0.25, 0.3) is 0 Å². The van der Waals surface area contributed by atoms with Crippen LogP contribution in [-0.2, 0) is 5.41 Å². The molecule has 130 valence electrons. The second kappa shape index (κ2) is 6.84. The van der Waals surface area contributed by atoms with E-state index in [9.17, 15) is 0 Å². The van der Waals surface area contributed by atoms with Gasteiger partial charge in [0, 0.05) is 28.8 Å². The van der Waals surface area contributed by atoms with Crippen molar-refractivity contribution in [3.63, 3.8) is 0 Å². The average Bonchev–Trinajstić information content (AvgIpc) is 3.21. The molecule has 0 unspecified atom stereocenters. The summed E-state index contributed by atoms with van der Waals surface area (Å²) in [7, 11) is 0. The largest absolute Gasteiger partial charge is 0.441 e. The van der Waals surface area contributed by atoms with E-state index >= 15 is 0 Å². The second-order valence-electron chi connectivity index (χ2n) is 7.08. The smallest absolute Gasteiger partial charge is 0.218 e. The van der Waals surface area contributed by atoms with E-state index in [0.29, 0.717) is 5.89 Å². The molecule has 2 aromatic heterocycles. The van der Waals surface area contributed by atoms with Crippen LogP contribution in [0.25, 0.3) is 12.2 Å². The van der Waals surface area contributed by atoms with Gasteiger partial charge < -0.3 is 9.73 Å². The van der Waals surface area contributed by atoms with Gasteiger partial charge in [0.15, 0.2) is 5.13 Å². The van der Waals surface area contributed by atoms with Gasteiger partial charge in [-0.2, -0.15) is 0 Å². The van der Waals surface area contributed by atoms with E-state index in [0.717, 1.165) is 22.1 Å². The standard InChI is InChI=1S/C20H23N3OS/c1-13-6-7-15(14(2)18(13)23-19-21-10-11-25-19)8-9-17-22-12-16(24-17)20(3,4)5/h6-12H,1-5H3,(H,21,23)/b9-8+. The number of nitrogens with zero attached hydrogens (tertiary/aromatic N) is 2. The van der Waals surface area contributed by atoms with Crippen molar-refractivity contribution in [2.24, 2.45) is 0 Å². The third-order valence-corrected chi connectivity index (χ3v) is 4.74. The zero-order valence-corrected chi connectivity index (χ0v) is 16.1. The number of hydrogen-bond donors (Lipinski definition) is 1. The third-order valence-electron chi connectivity index (χ3n) is 4.05. The fraction of sp³-hybridized carbons (Fsp3) is 0.300. The fourth-order valence-corrected chi connectivity index (χ4v) is 3.03. The summed E-state index contributed by atoms with van der Waals surface area (Å²) in [6.45, 7) is 10.5. The van der Waals surface area contributed by atoms with Crippen LogP contribution >= 0.6 is 11.3 Å². The van der Waals surface area contributed by atoms with Gasteiger partial charge in [-0.1, -0.05) is 32.9 Å². The number of thiazole rings is 1. The van der Waals surface area contributed by atoms with Gasteiger partial charge in [-0.25, -0.2) is 9.97 Å². The molecule has 4 nitrogen and oxygen atoms in total. The summed E-state index contributed by atoms with van der Waals surface area (Å²) in [5, 5.41) is 6.28. The summed E-state index contributed by atoms with van der Waals surface area (Å²) in [5.74, 6) is 1.51. The van der Waals surface area contributed by atoms with Crippen LogP contribution < -0.4 is 5.32 Å². The van der Waals surface area contributed by atoms with Gasteiger partial charge in [0.2, 0.25) is 5.89 Å². The molecule has 2 heterocycles. The monoisotopic (exact) mass is 353 g/mol. The van der Waals surface area contributed by atoms with Crippen molar-refractivity contribution in [2.75, 3.05) is 5.32 Å². The molecule has 0 radical (unpaired) electrons. The van der Waals surface area contributed by atoms with Gasteiger partial charge in [0.1, 0.15) is 5.76 Å². The molecular formula is C20H23N3OS. The maximum atomic E-state index is 5.83. The number of aryl methyl sites for hydroxylation is 1. The molecule has 0 aliphatic carbocycles. The highest BCUT2D eigenvalue weighted by molar-refractivity contribution is 7.13. The van der Waals surface area contributed by atoms with Crippen molar-refractivity contribution in [3.8, 4) is 0 Å². The minimum atomic E-state index is -0.0380. The summed E-state index contributed by atoms with van der Waals surface area (Å²) in [6.07, 6.45) is 7.56. The van der Waals surface area contributed by atoms with Crippen LogP contribution in [0, 0.1) is 13.8 Å². The topological polar surface area (TPSA) is 51.0 Å². The first-order valence-electron chi connectivity index (χ1n) is 8.26. The third kappa shape index (κ3) is 3.99. The Kier molecular flexibility index (Phi) is 4.77. The Morgan fingerprint density at radius 1 is 1.12 bits per heavy atom. The molecule has 1 N–H and O–H groups in total. The summed E-state index contributed by atoms with van der Waals surface area (Å²) < 4.78 is 5.83. The zero-order valence-electron chi connectivity index (χ0n) is 15.3. The van der Waals surface area contributed by atoms with Crippen molar-refractivity contribution >= 4 is 34.3 Å². The molecule has 0 saturated heterocycles. The first-order chi connectivity index (χ1) is 11.8. The van der Waals surface area contributed by atoms with Crippen LogP contribution in [0.1, 0.15) is 49.1 Å². The highest BCUT2D eigenvalue weighted by atomic mass is 32.1. The first-order valence-corrected chi connectivity index (χ1v) is 9.13. The second-order valence-corrected chi connectivity index (χ2v) is 7.97. The first kappa shape index (κ1) is 17.4. The molecule has 25 heavy (non-hydrogen) atoms. The van der Waals surface area contributed by atoms with E-state index in [1.165, 1.54) is 11.1 Å². The van der Waals surface area contributed by atoms with Crippen LogP contribution in [0.5, 0.6) is 0 Å². The minimum absolute atomic E-state index is 0.0380. The molecule has 0 atom stereocenters. The number of oxazole rings is 1. The van der Waals surface area contributed by atoms with E-state index in [1.54, 1.807) is 23.7 Å². The maximum absolute atomic E-state index is 5.83. The molecule has 5 heteroatoms. The lowest BCUT2D eigenvalue weighted by Crippen LogP contribution is -2.09. The Morgan fingerprint density at radius 2 is 1.92 bits per heavy atom. The molecule has 0 bridgehead atoms. The van der Waals surface area contributed by atoms with Crippen LogP contribution in [-0.4, -0.2) is 9.97 Å². The summed E-state index contributed by atoms with van der Waals surface area (Å²) >= 11 is 1.59. The minimum Gasteiger partial charge on any atom is -0.441 e. The van der Waals surface area contributed by atoms with E-state index < -0.39 is 0 Å². The Balaban J connectivity index is 1.86. The summed E-state index contributed by atoms with van der Waals surface area (Å²) in [6, 6.07) is 4.22. The number of benzene rings is 1. The molecular weight excluding hydrogens is 330 g/mol. The fourth-order valence-electron chi connectivity index (χ4n) is 2.50. The predicted octanol–water partition coefficient (Wildman–Crippen LogP) is 5.96. The molecule has 0 aliphatic rings. The predicted molar refractivity (Wildman–Crippen MR) is 105 cm³/mol. The van der Waals surface area contributed by atoms with Gasteiger partial charge in [0.05, 0.1) is 6.20 Å². The van der Waals surface area contributed by atoms with E-state index in [1.807, 2.05) is 17.5 Å². The van der Waals surface area contributed by atoms with E-state index in [2.05, 4.69) is 62.0 Å².